The Kier molecular flexibility index (Phi) is 27.3. The number of nitrogens with one attached hydrogen (secondary N) is 1. The van der Waals surface area contributed by atoms with Crippen molar-refractivity contribution in [1.29, 1.82) is 0 Å². The number of unbranched alkanes of at least 4 members (excludes halogenated alkanes) is 1. The molecule has 136 valence electrons. The summed E-state index contributed by atoms with van der Waals surface area (Å²) < 4.78 is 0. The SMILES string of the molecule is CC.CC.C[CH-][CH-]C=CCC.Nc1cccc(C2=CC=CCN2)c1.[Sr+2]. The Balaban J connectivity index is -0.000000349. The zero-order valence-electron chi connectivity index (χ0n) is 17.0. The third-order valence-corrected chi connectivity index (χ3v) is 2.68. The van der Waals surface area contributed by atoms with Crippen molar-refractivity contribution >= 4 is 56.9 Å². The van der Waals surface area contributed by atoms with Gasteiger partial charge in [0.05, 0.1) is 0 Å². The normalized spacial score (nSPS) is 11.0. The van der Waals surface area contributed by atoms with Gasteiger partial charge in [-0.1, -0.05) is 58.9 Å². The number of anilines is 1. The van der Waals surface area contributed by atoms with Gasteiger partial charge in [0.2, 0.25) is 0 Å². The van der Waals surface area contributed by atoms with Crippen LogP contribution in [0.4, 0.5) is 5.69 Å². The van der Waals surface area contributed by atoms with Gasteiger partial charge in [-0.05, 0) is 23.8 Å². The molecule has 2 nitrogen and oxygen atoms in total. The van der Waals surface area contributed by atoms with Gasteiger partial charge in [-0.2, -0.15) is 0 Å². The van der Waals surface area contributed by atoms with Crippen LogP contribution in [-0.2, 0) is 0 Å². The van der Waals surface area contributed by atoms with Crippen LogP contribution in [0.25, 0.3) is 5.70 Å². The topological polar surface area (TPSA) is 38.0 Å². The molecule has 0 radical (unpaired) electrons. The minimum Gasteiger partial charge on any atom is -0.400 e. The van der Waals surface area contributed by atoms with Gasteiger partial charge in [-0.15, -0.1) is 6.42 Å². The standard InChI is InChI=1S/C11H12N2.C7H12.2C2H6.Sr/c12-10-5-3-4-9(8-10)11-6-1-2-7-13-11;1-3-5-7-6-4-2;2*1-2;/h1-6,8,13H,7,12H2;3,5-7H,4H2,1-2H3;2*1-2H3;/q;-2;;;+2. The van der Waals surface area contributed by atoms with Gasteiger partial charge in [-0.3, -0.25) is 6.08 Å². The molecule has 1 aromatic rings. The van der Waals surface area contributed by atoms with E-state index < -0.39 is 0 Å². The number of hydrogen-bond donors (Lipinski definition) is 2. The van der Waals surface area contributed by atoms with Gasteiger partial charge in [0.25, 0.3) is 0 Å². The number of dihydropyridines is 1. The van der Waals surface area contributed by atoms with E-state index in [-0.39, 0.29) is 45.5 Å². The molecule has 0 bridgehead atoms. The Morgan fingerprint density at radius 1 is 1.20 bits per heavy atom. The van der Waals surface area contributed by atoms with Gasteiger partial charge < -0.3 is 23.9 Å². The summed E-state index contributed by atoms with van der Waals surface area (Å²) in [6.07, 6.45) is 15.5. The Labute approximate surface area is 193 Å². The molecule has 1 aliphatic rings. The zero-order chi connectivity index (χ0) is 18.6. The third kappa shape index (κ3) is 16.6. The predicted octanol–water partition coefficient (Wildman–Crippen LogP) is 5.82. The molecule has 0 unspecified atom stereocenters. The van der Waals surface area contributed by atoms with E-state index in [1.54, 1.807) is 0 Å². The summed E-state index contributed by atoms with van der Waals surface area (Å²) in [4.78, 5) is 0. The van der Waals surface area contributed by atoms with Crippen LogP contribution >= 0.6 is 0 Å². The Morgan fingerprint density at radius 3 is 2.36 bits per heavy atom. The average Bonchev–Trinajstić information content (AvgIpc) is 2.67. The summed E-state index contributed by atoms with van der Waals surface area (Å²) in [5, 5.41) is 3.28. The first-order chi connectivity index (χ1) is 11.8. The molecule has 0 spiro atoms. The molecule has 0 saturated heterocycles. The second kappa shape index (κ2) is 23.4. The smallest absolute Gasteiger partial charge is 0.400 e. The molecule has 1 heterocycles. The van der Waals surface area contributed by atoms with E-state index in [9.17, 15) is 0 Å². The average molecular weight is 416 g/mol. The van der Waals surface area contributed by atoms with Gasteiger partial charge >= 0.3 is 45.5 Å². The molecule has 0 amide bonds. The number of nitrogens with two attached hydrogens (primary N) is 1. The second-order valence-corrected chi connectivity index (χ2v) is 4.38. The molecule has 0 fully saturated rings. The molecule has 1 aliphatic heterocycles. The van der Waals surface area contributed by atoms with E-state index in [2.05, 4.69) is 42.6 Å². The molecule has 2 rings (SSSR count). The molecule has 0 aliphatic carbocycles. The molecule has 3 N–H and O–H groups in total. The van der Waals surface area contributed by atoms with Crippen LogP contribution in [0, 0.1) is 12.8 Å². The van der Waals surface area contributed by atoms with Crippen molar-refractivity contribution < 1.29 is 0 Å². The van der Waals surface area contributed by atoms with Gasteiger partial charge in [0.1, 0.15) is 0 Å². The monoisotopic (exact) mass is 416 g/mol. The molecule has 25 heavy (non-hydrogen) atoms. The number of allylic oxidation sites excluding steroid dienone is 4. The Hall–Kier alpha value is -0.609. The Morgan fingerprint density at radius 2 is 1.88 bits per heavy atom. The van der Waals surface area contributed by atoms with Crippen molar-refractivity contribution in [2.24, 2.45) is 0 Å². The molecule has 0 aromatic heterocycles. The van der Waals surface area contributed by atoms with Crippen molar-refractivity contribution in [3.63, 3.8) is 0 Å². The molecule has 0 atom stereocenters. The number of hydrogen-bond acceptors (Lipinski definition) is 2. The minimum atomic E-state index is 0. The van der Waals surface area contributed by atoms with Crippen molar-refractivity contribution in [2.45, 2.75) is 48.0 Å². The van der Waals surface area contributed by atoms with Gasteiger partial charge in [0.15, 0.2) is 0 Å². The fourth-order valence-electron chi connectivity index (χ4n) is 1.69. The maximum Gasteiger partial charge on any atom is 2.00 e. The number of rotatable bonds is 4. The van der Waals surface area contributed by atoms with Crippen LogP contribution in [0.1, 0.15) is 53.5 Å². The first kappa shape index (κ1) is 29.2. The van der Waals surface area contributed by atoms with E-state index in [1.165, 1.54) is 0 Å². The molecular weight excluding hydrogens is 380 g/mol. The minimum absolute atomic E-state index is 0. The summed E-state index contributed by atoms with van der Waals surface area (Å²) in [5.74, 6) is 0. The number of benzene rings is 1. The second-order valence-electron chi connectivity index (χ2n) is 4.38. The van der Waals surface area contributed by atoms with Crippen molar-refractivity contribution in [1.82, 2.24) is 5.32 Å². The van der Waals surface area contributed by atoms with E-state index in [0.717, 1.165) is 29.9 Å². The van der Waals surface area contributed by atoms with Crippen LogP contribution in [0.2, 0.25) is 0 Å². The summed E-state index contributed by atoms with van der Waals surface area (Å²) in [7, 11) is 0. The van der Waals surface area contributed by atoms with E-state index in [1.807, 2.05) is 71.7 Å². The van der Waals surface area contributed by atoms with Gasteiger partial charge in [-0.25, -0.2) is 13.0 Å². The van der Waals surface area contributed by atoms with Crippen LogP contribution < -0.4 is 11.1 Å². The van der Waals surface area contributed by atoms with E-state index >= 15 is 0 Å². The largest absolute Gasteiger partial charge is 2.00 e. The van der Waals surface area contributed by atoms with E-state index in [4.69, 9.17) is 5.73 Å². The fraction of sp³-hybridized carbons (Fsp3) is 0.364. The number of nitrogen functional groups attached to an aromatic ring is 1. The summed E-state index contributed by atoms with van der Waals surface area (Å²) in [6, 6.07) is 7.88. The molecule has 3 heteroatoms. The third-order valence-electron chi connectivity index (χ3n) is 2.68. The van der Waals surface area contributed by atoms with Gasteiger partial charge in [0, 0.05) is 17.9 Å². The maximum absolute atomic E-state index is 5.69. The first-order valence-electron chi connectivity index (χ1n) is 9.02. The molecule has 0 saturated carbocycles. The summed E-state index contributed by atoms with van der Waals surface area (Å²) >= 11 is 0. The first-order valence-corrected chi connectivity index (χ1v) is 9.02. The molecular formula is C22H36N2Sr. The summed E-state index contributed by atoms with van der Waals surface area (Å²) in [5.41, 5.74) is 8.77. The van der Waals surface area contributed by atoms with Crippen LogP contribution in [-0.4, -0.2) is 52.0 Å². The zero-order valence-corrected chi connectivity index (χ0v) is 20.5. The van der Waals surface area contributed by atoms with Crippen molar-refractivity contribution in [2.75, 3.05) is 12.3 Å². The van der Waals surface area contributed by atoms with E-state index in [0.29, 0.717) is 0 Å². The van der Waals surface area contributed by atoms with Crippen molar-refractivity contribution in [3.05, 3.63) is 73.1 Å². The molecule has 1 aromatic carbocycles. The summed E-state index contributed by atoms with van der Waals surface area (Å²) in [6.45, 7) is 13.0. The van der Waals surface area contributed by atoms with Crippen LogP contribution in [0.15, 0.2) is 54.6 Å². The Bertz CT molecular complexity index is 477. The maximum atomic E-state index is 5.69. The van der Waals surface area contributed by atoms with Crippen LogP contribution in [0.3, 0.4) is 0 Å². The predicted molar refractivity (Wildman–Crippen MR) is 118 cm³/mol. The van der Waals surface area contributed by atoms with Crippen molar-refractivity contribution in [3.8, 4) is 0 Å². The quantitative estimate of drug-likeness (QED) is 0.369. The van der Waals surface area contributed by atoms with Crippen LogP contribution in [0.5, 0.6) is 0 Å². The fourth-order valence-corrected chi connectivity index (χ4v) is 1.69.